The van der Waals surface area contributed by atoms with E-state index in [0.29, 0.717) is 41.2 Å². The van der Waals surface area contributed by atoms with Gasteiger partial charge in [-0.2, -0.15) is 22.0 Å². The van der Waals surface area contributed by atoms with Crippen molar-refractivity contribution in [2.24, 2.45) is 0 Å². The molecule has 0 saturated carbocycles. The molecule has 0 aliphatic heterocycles. The summed E-state index contributed by atoms with van der Waals surface area (Å²) in [5.41, 5.74) is -2.47. The number of pyridine rings is 1. The molecule has 3 rings (SSSR count). The highest BCUT2D eigenvalue weighted by Gasteiger charge is 2.37. The van der Waals surface area contributed by atoms with Crippen molar-refractivity contribution in [2.75, 3.05) is 13.6 Å². The molecular weight excluding hydrogens is 519 g/mol. The van der Waals surface area contributed by atoms with Gasteiger partial charge in [0, 0.05) is 32.3 Å². The van der Waals surface area contributed by atoms with Crippen LogP contribution in [0.3, 0.4) is 0 Å². The van der Waals surface area contributed by atoms with Crippen LogP contribution in [0.25, 0.3) is 10.7 Å². The molecule has 37 heavy (non-hydrogen) atoms. The minimum absolute atomic E-state index is 0.233. The summed E-state index contributed by atoms with van der Waals surface area (Å²) in [6.45, 7) is 5.85. The molecule has 1 N–H and O–H groups in total. The van der Waals surface area contributed by atoms with Crippen LogP contribution >= 0.6 is 11.3 Å². The highest BCUT2D eigenvalue weighted by atomic mass is 32.1. The summed E-state index contributed by atoms with van der Waals surface area (Å²) < 4.78 is 67.4. The maximum Gasteiger partial charge on any atom is 0.433 e. The topological polar surface area (TPSA) is 101 Å². The number of rotatable bonds is 7. The summed E-state index contributed by atoms with van der Waals surface area (Å²) in [7, 11) is 1.64. The molecule has 0 bridgehead atoms. The summed E-state index contributed by atoms with van der Waals surface area (Å²) in [5, 5.41) is 2.82. The Morgan fingerprint density at radius 1 is 1.08 bits per heavy atom. The molecule has 0 unspecified atom stereocenters. The van der Waals surface area contributed by atoms with Crippen LogP contribution in [0.15, 0.2) is 24.5 Å². The molecule has 3 heterocycles. The minimum Gasteiger partial charge on any atom is -0.344 e. The molecule has 0 spiro atoms. The molecule has 3 aromatic heterocycles. The molecule has 198 valence electrons. The van der Waals surface area contributed by atoms with Gasteiger partial charge < -0.3 is 10.2 Å². The van der Waals surface area contributed by atoms with E-state index in [0.717, 1.165) is 11.3 Å². The number of halogens is 5. The normalized spacial score (nSPS) is 12.8. The lowest BCUT2D eigenvalue weighted by Crippen LogP contribution is -2.29. The second-order valence-electron chi connectivity index (χ2n) is 8.30. The lowest BCUT2D eigenvalue weighted by Gasteiger charge is -2.18. The van der Waals surface area contributed by atoms with Crippen LogP contribution in [0.4, 0.5) is 22.0 Å². The van der Waals surface area contributed by atoms with Crippen molar-refractivity contribution in [2.45, 2.75) is 45.8 Å². The van der Waals surface area contributed by atoms with Crippen LogP contribution < -0.4 is 5.32 Å². The quantitative estimate of drug-likeness (QED) is 0.421. The Labute approximate surface area is 213 Å². The summed E-state index contributed by atoms with van der Waals surface area (Å²) in [4.78, 5) is 43.1. The van der Waals surface area contributed by atoms with E-state index < -0.39 is 41.0 Å². The third-order valence-corrected chi connectivity index (χ3v) is 6.24. The van der Waals surface area contributed by atoms with Gasteiger partial charge in [-0.3, -0.25) is 14.6 Å². The zero-order valence-electron chi connectivity index (χ0n) is 20.4. The van der Waals surface area contributed by atoms with Gasteiger partial charge in [0.1, 0.15) is 27.0 Å². The zero-order valence-corrected chi connectivity index (χ0v) is 21.3. The number of carbonyl (C=O) groups excluding carboxylic acids is 2. The van der Waals surface area contributed by atoms with Gasteiger partial charge >= 0.3 is 6.18 Å². The van der Waals surface area contributed by atoms with Crippen molar-refractivity contribution in [3.8, 4) is 10.7 Å². The van der Waals surface area contributed by atoms with E-state index >= 15 is 0 Å². The van der Waals surface area contributed by atoms with E-state index in [4.69, 9.17) is 0 Å². The molecule has 0 aromatic carbocycles. The monoisotopic (exact) mass is 542 g/mol. The second-order valence-corrected chi connectivity index (χ2v) is 9.33. The molecule has 0 saturated heterocycles. The van der Waals surface area contributed by atoms with Crippen molar-refractivity contribution in [1.29, 1.82) is 0 Å². The number of alkyl halides is 5. The van der Waals surface area contributed by atoms with E-state index in [1.165, 1.54) is 24.2 Å². The first-order valence-electron chi connectivity index (χ1n) is 11.0. The number of nitrogens with one attached hydrogen (secondary N) is 1. The van der Waals surface area contributed by atoms with Crippen molar-refractivity contribution >= 4 is 23.2 Å². The first-order chi connectivity index (χ1) is 17.1. The van der Waals surface area contributed by atoms with E-state index in [1.807, 2.05) is 6.92 Å². The Balaban J connectivity index is 1.96. The Morgan fingerprint density at radius 2 is 1.73 bits per heavy atom. The fraction of sp³-hybridized carbons (Fsp3) is 0.391. The van der Waals surface area contributed by atoms with Crippen molar-refractivity contribution < 1.29 is 31.5 Å². The summed E-state index contributed by atoms with van der Waals surface area (Å²) in [6, 6.07) is 0.107. The van der Waals surface area contributed by atoms with E-state index in [1.54, 1.807) is 14.0 Å². The molecule has 3 aromatic rings. The van der Waals surface area contributed by atoms with Crippen LogP contribution in [0.1, 0.15) is 69.6 Å². The summed E-state index contributed by atoms with van der Waals surface area (Å²) in [6.07, 6.45) is -2.18. The number of carbonyl (C=O) groups is 2. The van der Waals surface area contributed by atoms with Gasteiger partial charge in [-0.25, -0.2) is 15.0 Å². The molecule has 2 amide bonds. The molecule has 0 fully saturated rings. The van der Waals surface area contributed by atoms with Crippen LogP contribution in [-0.4, -0.2) is 50.2 Å². The molecule has 0 radical (unpaired) electrons. The van der Waals surface area contributed by atoms with Gasteiger partial charge in [-0.1, -0.05) is 0 Å². The van der Waals surface area contributed by atoms with Crippen molar-refractivity contribution in [3.63, 3.8) is 0 Å². The van der Waals surface area contributed by atoms with Crippen LogP contribution in [-0.2, 0) is 12.1 Å². The third kappa shape index (κ3) is 6.42. The number of aryl methyl sites for hydroxylation is 1. The first-order valence-corrected chi connectivity index (χ1v) is 11.8. The number of hydrogen-bond donors (Lipinski definition) is 1. The molecule has 8 nitrogen and oxygen atoms in total. The Kier molecular flexibility index (Phi) is 7.91. The first kappa shape index (κ1) is 28.0. The van der Waals surface area contributed by atoms with Crippen LogP contribution in [0.2, 0.25) is 0 Å². The van der Waals surface area contributed by atoms with Gasteiger partial charge in [0.2, 0.25) is 0 Å². The Hall–Kier alpha value is -3.55. The SMILES string of the molecule is CCN(C)C(=O)c1cnc(-c2ncc(C)nc2[C@H](C)NC(=O)c2cc(C(C)(F)F)nc(C(F)(F)F)c2)s1. The van der Waals surface area contributed by atoms with Gasteiger partial charge in [-0.05, 0) is 32.9 Å². The number of thiazole rings is 1. The Bertz CT molecular complexity index is 1290. The Morgan fingerprint density at radius 3 is 2.32 bits per heavy atom. The number of aromatic nitrogens is 4. The van der Waals surface area contributed by atoms with E-state index in [-0.39, 0.29) is 17.3 Å². The van der Waals surface area contributed by atoms with Crippen molar-refractivity contribution in [3.05, 3.63) is 57.7 Å². The molecule has 0 aliphatic rings. The fourth-order valence-corrected chi connectivity index (χ4v) is 4.07. The molecule has 0 aliphatic carbocycles. The third-order valence-electron chi connectivity index (χ3n) is 5.25. The number of amides is 2. The average Bonchev–Trinajstić information content (AvgIpc) is 3.31. The highest BCUT2D eigenvalue weighted by molar-refractivity contribution is 7.16. The number of hydrogen-bond acceptors (Lipinski definition) is 7. The van der Waals surface area contributed by atoms with Gasteiger partial charge in [0.25, 0.3) is 17.7 Å². The zero-order chi connectivity index (χ0) is 27.7. The number of nitrogens with zero attached hydrogens (tertiary/aromatic N) is 5. The predicted molar refractivity (Wildman–Crippen MR) is 125 cm³/mol. The van der Waals surface area contributed by atoms with Crippen LogP contribution in [0.5, 0.6) is 0 Å². The van der Waals surface area contributed by atoms with Crippen molar-refractivity contribution in [1.82, 2.24) is 30.2 Å². The fourth-order valence-electron chi connectivity index (χ4n) is 3.16. The van der Waals surface area contributed by atoms with E-state index in [9.17, 15) is 31.5 Å². The lowest BCUT2D eigenvalue weighted by molar-refractivity contribution is -0.141. The van der Waals surface area contributed by atoms with Gasteiger partial charge in [0.05, 0.1) is 23.6 Å². The molecular formula is C23H23F5N6O2S. The maximum absolute atomic E-state index is 13.8. The lowest BCUT2D eigenvalue weighted by atomic mass is 10.1. The standard InChI is InChI=1S/C23H23F5N6O2S/c1-6-34(5)21(36)14-10-30-20(37-14)18-17(31-11(2)9-29-18)12(3)32-19(35)13-7-15(22(4,24)25)33-16(8-13)23(26,27)28/h7-10,12H,6H2,1-5H3,(H,32,35)/t12-/m0/s1. The summed E-state index contributed by atoms with van der Waals surface area (Å²) in [5.74, 6) is -4.99. The van der Waals surface area contributed by atoms with Gasteiger partial charge in [0.15, 0.2) is 0 Å². The van der Waals surface area contributed by atoms with E-state index in [2.05, 4.69) is 25.3 Å². The predicted octanol–water partition coefficient (Wildman–Crippen LogP) is 5.02. The molecule has 14 heteroatoms. The smallest absolute Gasteiger partial charge is 0.344 e. The summed E-state index contributed by atoms with van der Waals surface area (Å²) >= 11 is 1.07. The van der Waals surface area contributed by atoms with Gasteiger partial charge in [-0.15, -0.1) is 11.3 Å². The average molecular weight is 543 g/mol. The molecule has 1 atom stereocenters. The maximum atomic E-state index is 13.8. The highest BCUT2D eigenvalue weighted by Crippen LogP contribution is 2.33. The van der Waals surface area contributed by atoms with Crippen LogP contribution in [0, 0.1) is 6.92 Å². The second kappa shape index (κ2) is 10.4. The minimum atomic E-state index is -5.04. The largest absolute Gasteiger partial charge is 0.433 e.